The van der Waals surface area contributed by atoms with Gasteiger partial charge in [-0.25, -0.2) is 13.2 Å². The number of nitrogens with zero attached hydrogens (tertiary/aromatic N) is 3. The van der Waals surface area contributed by atoms with E-state index in [4.69, 9.17) is 4.74 Å². The van der Waals surface area contributed by atoms with Crippen molar-refractivity contribution < 1.29 is 27.5 Å². The minimum Gasteiger partial charge on any atom is -0.462 e. The largest absolute Gasteiger partial charge is 0.462 e. The standard InChI is InChI=1S/C23H22N4O6S/c1-3-33-23(30)19-14-24-26(2)20(19)25-34(31,32)16-10-8-15(9-11-16)12-13-27-21(28)17-6-4-5-7-18(17)22(27)29/h4-11,14,25H,3,12-13H2,1-2H3. The Kier molecular flexibility index (Phi) is 6.20. The molecular weight excluding hydrogens is 460 g/mol. The molecule has 0 saturated carbocycles. The third-order valence-corrected chi connectivity index (χ3v) is 6.76. The molecule has 3 aromatic rings. The van der Waals surface area contributed by atoms with E-state index in [1.165, 1.54) is 35.0 Å². The van der Waals surface area contributed by atoms with Gasteiger partial charge in [-0.3, -0.25) is 23.9 Å². The lowest BCUT2D eigenvalue weighted by Gasteiger charge is -2.14. The van der Waals surface area contributed by atoms with Crippen LogP contribution in [-0.2, 0) is 28.2 Å². The first kappa shape index (κ1) is 23.2. The highest BCUT2D eigenvalue weighted by Gasteiger charge is 2.34. The fourth-order valence-corrected chi connectivity index (χ4v) is 4.73. The van der Waals surface area contributed by atoms with Crippen LogP contribution >= 0.6 is 0 Å². The average Bonchev–Trinajstić information content (AvgIpc) is 3.30. The lowest BCUT2D eigenvalue weighted by atomic mass is 10.1. The maximum absolute atomic E-state index is 12.9. The molecule has 11 heteroatoms. The minimum atomic E-state index is -4.02. The predicted molar refractivity (Wildman–Crippen MR) is 122 cm³/mol. The van der Waals surface area contributed by atoms with Crippen LogP contribution in [0.4, 0.5) is 5.82 Å². The summed E-state index contributed by atoms with van der Waals surface area (Å²) in [5.74, 6) is -1.36. The maximum atomic E-state index is 12.9. The van der Waals surface area contributed by atoms with Crippen molar-refractivity contribution in [3.8, 4) is 0 Å². The molecule has 0 saturated heterocycles. The number of carbonyl (C=O) groups is 3. The number of aromatic nitrogens is 2. The first-order valence-corrected chi connectivity index (χ1v) is 12.0. The molecule has 0 spiro atoms. The van der Waals surface area contributed by atoms with Gasteiger partial charge in [-0.2, -0.15) is 5.10 Å². The number of hydrogen-bond acceptors (Lipinski definition) is 7. The molecule has 1 aliphatic heterocycles. The number of esters is 1. The van der Waals surface area contributed by atoms with Gasteiger partial charge in [0.25, 0.3) is 21.8 Å². The van der Waals surface area contributed by atoms with Crippen LogP contribution in [0, 0.1) is 0 Å². The Labute approximate surface area is 196 Å². The smallest absolute Gasteiger partial charge is 0.343 e. The minimum absolute atomic E-state index is 0.00508. The first-order valence-electron chi connectivity index (χ1n) is 10.5. The van der Waals surface area contributed by atoms with Crippen LogP contribution in [-0.4, -0.2) is 54.0 Å². The number of amides is 2. The topological polar surface area (TPSA) is 128 Å². The lowest BCUT2D eigenvalue weighted by Crippen LogP contribution is -2.31. The van der Waals surface area contributed by atoms with E-state index in [9.17, 15) is 22.8 Å². The molecule has 0 aliphatic carbocycles. The van der Waals surface area contributed by atoms with Gasteiger partial charge in [0.1, 0.15) is 5.56 Å². The Morgan fingerprint density at radius 2 is 1.65 bits per heavy atom. The predicted octanol–water partition coefficient (Wildman–Crippen LogP) is 2.24. The number of imide groups is 1. The normalized spacial score (nSPS) is 13.2. The fraction of sp³-hybridized carbons (Fsp3) is 0.217. The van der Waals surface area contributed by atoms with Gasteiger partial charge < -0.3 is 4.74 Å². The van der Waals surface area contributed by atoms with E-state index in [1.807, 2.05) is 0 Å². The number of fused-ring (bicyclic) bond motifs is 1. The number of hydrogen-bond donors (Lipinski definition) is 1. The number of nitrogens with one attached hydrogen (secondary N) is 1. The summed E-state index contributed by atoms with van der Waals surface area (Å²) in [6, 6.07) is 12.7. The molecular formula is C23H22N4O6S. The molecule has 2 aromatic carbocycles. The molecule has 0 radical (unpaired) electrons. The Bertz CT molecular complexity index is 1340. The molecule has 34 heavy (non-hydrogen) atoms. The van der Waals surface area contributed by atoms with E-state index in [2.05, 4.69) is 9.82 Å². The molecule has 2 amide bonds. The summed E-state index contributed by atoms with van der Waals surface area (Å²) in [6.07, 6.45) is 1.60. The molecule has 176 valence electrons. The molecule has 4 rings (SSSR count). The lowest BCUT2D eigenvalue weighted by molar-refractivity contribution is 0.0526. The molecule has 0 unspecified atom stereocenters. The van der Waals surface area contributed by atoms with Crippen LogP contribution in [0.15, 0.2) is 59.6 Å². The SMILES string of the molecule is CCOC(=O)c1cnn(C)c1NS(=O)(=O)c1ccc(CCN2C(=O)c3ccccc3C2=O)cc1. The molecule has 0 atom stereocenters. The summed E-state index contributed by atoms with van der Waals surface area (Å²) in [6.45, 7) is 1.96. The van der Waals surface area contributed by atoms with Crippen molar-refractivity contribution in [3.05, 3.63) is 77.0 Å². The average molecular weight is 483 g/mol. The Hall–Kier alpha value is -3.99. The number of rotatable bonds is 8. The van der Waals surface area contributed by atoms with Crippen molar-refractivity contribution in [1.82, 2.24) is 14.7 Å². The molecule has 1 aromatic heterocycles. The molecule has 0 fully saturated rings. The molecule has 1 N–H and O–H groups in total. The van der Waals surface area contributed by atoms with Gasteiger partial charge >= 0.3 is 5.97 Å². The summed E-state index contributed by atoms with van der Waals surface area (Å²) in [5.41, 5.74) is 1.53. The van der Waals surface area contributed by atoms with Gasteiger partial charge in [-0.15, -0.1) is 0 Å². The fourth-order valence-electron chi connectivity index (χ4n) is 3.62. The Morgan fingerprint density at radius 3 is 2.24 bits per heavy atom. The van der Waals surface area contributed by atoms with Crippen molar-refractivity contribution in [3.63, 3.8) is 0 Å². The highest BCUT2D eigenvalue weighted by Crippen LogP contribution is 2.24. The third kappa shape index (κ3) is 4.29. The van der Waals surface area contributed by atoms with Gasteiger partial charge in [-0.05, 0) is 43.2 Å². The summed E-state index contributed by atoms with van der Waals surface area (Å²) < 4.78 is 34.3. The van der Waals surface area contributed by atoms with Crippen LogP contribution in [0.25, 0.3) is 0 Å². The molecule has 2 heterocycles. The molecule has 0 bridgehead atoms. The van der Waals surface area contributed by atoms with Crippen molar-refractivity contribution in [1.29, 1.82) is 0 Å². The first-order chi connectivity index (χ1) is 16.2. The number of aryl methyl sites for hydroxylation is 1. The van der Waals surface area contributed by atoms with E-state index < -0.39 is 16.0 Å². The highest BCUT2D eigenvalue weighted by atomic mass is 32.2. The zero-order valence-corrected chi connectivity index (χ0v) is 19.3. The maximum Gasteiger partial charge on any atom is 0.343 e. The zero-order chi connectivity index (χ0) is 24.5. The van der Waals surface area contributed by atoms with Gasteiger partial charge in [0.2, 0.25) is 0 Å². The van der Waals surface area contributed by atoms with Crippen molar-refractivity contribution in [2.24, 2.45) is 7.05 Å². The van der Waals surface area contributed by atoms with Gasteiger partial charge in [0.15, 0.2) is 5.82 Å². The van der Waals surface area contributed by atoms with Crippen molar-refractivity contribution in [2.75, 3.05) is 17.9 Å². The zero-order valence-electron chi connectivity index (χ0n) is 18.5. The number of sulfonamides is 1. The van der Waals surface area contributed by atoms with Gasteiger partial charge in [0.05, 0.1) is 28.8 Å². The van der Waals surface area contributed by atoms with E-state index in [0.717, 1.165) is 5.56 Å². The number of carbonyl (C=O) groups excluding carboxylic acids is 3. The van der Waals surface area contributed by atoms with Crippen LogP contribution in [0.2, 0.25) is 0 Å². The van der Waals surface area contributed by atoms with Crippen LogP contribution in [0.5, 0.6) is 0 Å². The van der Waals surface area contributed by atoms with E-state index in [1.54, 1.807) is 43.3 Å². The summed E-state index contributed by atoms with van der Waals surface area (Å²) in [7, 11) is -2.51. The number of ether oxygens (including phenoxy) is 1. The van der Waals surface area contributed by atoms with E-state index in [-0.39, 0.29) is 41.2 Å². The van der Waals surface area contributed by atoms with Crippen LogP contribution < -0.4 is 4.72 Å². The second-order valence-electron chi connectivity index (χ2n) is 7.56. The summed E-state index contributed by atoms with van der Waals surface area (Å²) in [5, 5.41) is 3.93. The third-order valence-electron chi connectivity index (χ3n) is 5.40. The summed E-state index contributed by atoms with van der Waals surface area (Å²) >= 11 is 0. The Morgan fingerprint density at radius 1 is 1.03 bits per heavy atom. The number of benzene rings is 2. The molecule has 1 aliphatic rings. The van der Waals surface area contributed by atoms with Crippen LogP contribution in [0.3, 0.4) is 0 Å². The molecule has 10 nitrogen and oxygen atoms in total. The number of anilines is 1. The monoisotopic (exact) mass is 482 g/mol. The van der Waals surface area contributed by atoms with E-state index in [0.29, 0.717) is 17.5 Å². The quantitative estimate of drug-likeness (QED) is 0.385. The van der Waals surface area contributed by atoms with Gasteiger partial charge in [0, 0.05) is 13.6 Å². The van der Waals surface area contributed by atoms with Crippen molar-refractivity contribution >= 4 is 33.6 Å². The van der Waals surface area contributed by atoms with Gasteiger partial charge in [-0.1, -0.05) is 24.3 Å². The van der Waals surface area contributed by atoms with Crippen molar-refractivity contribution in [2.45, 2.75) is 18.2 Å². The second kappa shape index (κ2) is 9.10. The Balaban J connectivity index is 1.45. The van der Waals surface area contributed by atoms with E-state index >= 15 is 0 Å². The van der Waals surface area contributed by atoms with Crippen LogP contribution in [0.1, 0.15) is 43.6 Å². The second-order valence-corrected chi connectivity index (χ2v) is 9.24. The highest BCUT2D eigenvalue weighted by molar-refractivity contribution is 7.92. The summed E-state index contributed by atoms with van der Waals surface area (Å²) in [4.78, 5) is 38.2.